The third kappa shape index (κ3) is 4.41. The van der Waals surface area contributed by atoms with Gasteiger partial charge in [0.05, 0.1) is 18.1 Å². The number of hydrogen-bond donors (Lipinski definition) is 1. The van der Waals surface area contributed by atoms with Crippen LogP contribution in [0.15, 0.2) is 0 Å². The topological polar surface area (TPSA) is 68.0 Å². The molecule has 6 nitrogen and oxygen atoms in total. The maximum absolute atomic E-state index is 12.9. The molecule has 2 N–H and O–H groups in total. The molecule has 2 fully saturated rings. The van der Waals surface area contributed by atoms with E-state index in [0.717, 1.165) is 52.2 Å². The van der Waals surface area contributed by atoms with E-state index in [4.69, 9.17) is 15.2 Å². The number of hydrogen-bond acceptors (Lipinski definition) is 5. The molecule has 6 heteroatoms. The standard InChI is InChI=1S/C16H31N3O3/c1-14(2)22-12-9-18-5-7-19(8-6-18)15(20)16(13-17)3-10-21-11-4-16/h14H,3-13,17H2,1-2H3. The second-order valence-corrected chi connectivity index (χ2v) is 6.65. The van der Waals surface area contributed by atoms with Gasteiger partial charge in [0.15, 0.2) is 0 Å². The Morgan fingerprint density at radius 2 is 1.86 bits per heavy atom. The van der Waals surface area contributed by atoms with Crippen molar-refractivity contribution in [2.24, 2.45) is 11.1 Å². The number of amides is 1. The lowest BCUT2D eigenvalue weighted by Gasteiger charge is -2.42. The van der Waals surface area contributed by atoms with Gasteiger partial charge in [-0.25, -0.2) is 0 Å². The number of nitrogens with two attached hydrogens (primary N) is 1. The first-order chi connectivity index (χ1) is 10.6. The van der Waals surface area contributed by atoms with Crippen LogP contribution >= 0.6 is 0 Å². The Balaban J connectivity index is 1.79. The second-order valence-electron chi connectivity index (χ2n) is 6.65. The van der Waals surface area contributed by atoms with E-state index in [2.05, 4.69) is 18.7 Å². The van der Waals surface area contributed by atoms with Gasteiger partial charge in [-0.05, 0) is 26.7 Å². The minimum absolute atomic E-state index is 0.233. The molecule has 2 aliphatic rings. The summed E-state index contributed by atoms with van der Waals surface area (Å²) < 4.78 is 11.0. The Kier molecular flexibility index (Phi) is 6.62. The highest BCUT2D eigenvalue weighted by Gasteiger charge is 2.41. The van der Waals surface area contributed by atoms with E-state index in [1.165, 1.54) is 0 Å². The number of ether oxygens (including phenoxy) is 2. The summed E-state index contributed by atoms with van der Waals surface area (Å²) in [6.45, 7) is 11.0. The first-order valence-electron chi connectivity index (χ1n) is 8.48. The minimum Gasteiger partial charge on any atom is -0.381 e. The molecular formula is C16H31N3O3. The van der Waals surface area contributed by atoms with Crippen LogP contribution in [0.3, 0.4) is 0 Å². The summed E-state index contributed by atoms with van der Waals surface area (Å²) in [5.74, 6) is 0.233. The highest BCUT2D eigenvalue weighted by molar-refractivity contribution is 5.83. The van der Waals surface area contributed by atoms with Gasteiger partial charge >= 0.3 is 0 Å². The lowest BCUT2D eigenvalue weighted by Crippen LogP contribution is -2.56. The molecule has 1 amide bonds. The average molecular weight is 313 g/mol. The van der Waals surface area contributed by atoms with Crippen LogP contribution < -0.4 is 5.73 Å². The van der Waals surface area contributed by atoms with Crippen molar-refractivity contribution in [1.82, 2.24) is 9.80 Å². The zero-order valence-electron chi connectivity index (χ0n) is 14.1. The number of piperazine rings is 1. The summed E-state index contributed by atoms with van der Waals surface area (Å²) in [6, 6.07) is 0. The van der Waals surface area contributed by atoms with Crippen LogP contribution in [0.1, 0.15) is 26.7 Å². The Hall–Kier alpha value is -0.690. The van der Waals surface area contributed by atoms with Crippen LogP contribution in [0.25, 0.3) is 0 Å². The van der Waals surface area contributed by atoms with Crippen molar-refractivity contribution in [2.75, 3.05) is 59.1 Å². The number of nitrogens with zero attached hydrogens (tertiary/aromatic N) is 2. The monoisotopic (exact) mass is 313 g/mol. The maximum Gasteiger partial charge on any atom is 0.230 e. The first-order valence-corrected chi connectivity index (χ1v) is 8.48. The first kappa shape index (κ1) is 17.7. The molecule has 22 heavy (non-hydrogen) atoms. The van der Waals surface area contributed by atoms with E-state index in [1.807, 2.05) is 4.90 Å². The fourth-order valence-corrected chi connectivity index (χ4v) is 3.19. The number of carbonyl (C=O) groups is 1. The molecule has 0 saturated carbocycles. The smallest absolute Gasteiger partial charge is 0.230 e. The van der Waals surface area contributed by atoms with E-state index in [0.29, 0.717) is 19.8 Å². The summed E-state index contributed by atoms with van der Waals surface area (Å²) in [5, 5.41) is 0. The van der Waals surface area contributed by atoms with Crippen molar-refractivity contribution in [2.45, 2.75) is 32.8 Å². The summed E-state index contributed by atoms with van der Waals surface area (Å²) in [4.78, 5) is 17.2. The Bertz CT molecular complexity index is 349. The van der Waals surface area contributed by atoms with Gasteiger partial charge in [-0.2, -0.15) is 0 Å². The SMILES string of the molecule is CC(C)OCCN1CCN(C(=O)C2(CN)CCOCC2)CC1. The van der Waals surface area contributed by atoms with E-state index in [9.17, 15) is 4.79 Å². The van der Waals surface area contributed by atoms with Crippen molar-refractivity contribution in [3.05, 3.63) is 0 Å². The van der Waals surface area contributed by atoms with Crippen LogP contribution in [0.5, 0.6) is 0 Å². The van der Waals surface area contributed by atoms with Crippen molar-refractivity contribution < 1.29 is 14.3 Å². The van der Waals surface area contributed by atoms with E-state index < -0.39 is 0 Å². The fraction of sp³-hybridized carbons (Fsp3) is 0.938. The number of rotatable bonds is 6. The van der Waals surface area contributed by atoms with Gasteiger partial charge < -0.3 is 20.1 Å². The lowest BCUT2D eigenvalue weighted by molar-refractivity contribution is -0.149. The molecular weight excluding hydrogens is 282 g/mol. The maximum atomic E-state index is 12.9. The molecule has 0 radical (unpaired) electrons. The fourth-order valence-electron chi connectivity index (χ4n) is 3.19. The minimum atomic E-state index is -0.388. The van der Waals surface area contributed by atoms with Crippen molar-refractivity contribution in [3.8, 4) is 0 Å². The van der Waals surface area contributed by atoms with Crippen LogP contribution in [-0.2, 0) is 14.3 Å². The second kappa shape index (κ2) is 8.24. The molecule has 0 bridgehead atoms. The third-order valence-electron chi connectivity index (χ3n) is 4.81. The van der Waals surface area contributed by atoms with Gasteiger partial charge in [0.2, 0.25) is 5.91 Å². The van der Waals surface area contributed by atoms with E-state index >= 15 is 0 Å². The lowest BCUT2D eigenvalue weighted by atomic mass is 9.78. The predicted molar refractivity (Wildman–Crippen MR) is 85.6 cm³/mol. The quantitative estimate of drug-likeness (QED) is 0.764. The zero-order chi connectivity index (χ0) is 16.0. The van der Waals surface area contributed by atoms with Crippen molar-refractivity contribution in [3.63, 3.8) is 0 Å². The Morgan fingerprint density at radius 1 is 1.23 bits per heavy atom. The predicted octanol–water partition coefficient (Wildman–Crippen LogP) is 0.311. The normalized spacial score (nSPS) is 23.0. The van der Waals surface area contributed by atoms with Gasteiger partial charge in [-0.1, -0.05) is 0 Å². The summed E-state index contributed by atoms with van der Waals surface area (Å²) in [6.07, 6.45) is 1.79. The summed E-state index contributed by atoms with van der Waals surface area (Å²) in [7, 11) is 0. The molecule has 2 saturated heterocycles. The van der Waals surface area contributed by atoms with E-state index in [-0.39, 0.29) is 17.4 Å². The molecule has 0 unspecified atom stereocenters. The van der Waals surface area contributed by atoms with Crippen LogP contribution in [0.2, 0.25) is 0 Å². The molecule has 0 aliphatic carbocycles. The van der Waals surface area contributed by atoms with Crippen LogP contribution in [-0.4, -0.2) is 80.9 Å². The van der Waals surface area contributed by atoms with Gasteiger partial charge in [0, 0.05) is 52.5 Å². The summed E-state index contributed by atoms with van der Waals surface area (Å²) in [5.41, 5.74) is 5.55. The van der Waals surface area contributed by atoms with Crippen molar-refractivity contribution in [1.29, 1.82) is 0 Å². The molecule has 0 aromatic heterocycles. The Morgan fingerprint density at radius 3 is 2.41 bits per heavy atom. The molecule has 2 heterocycles. The molecule has 0 atom stereocenters. The van der Waals surface area contributed by atoms with Gasteiger partial charge in [0.25, 0.3) is 0 Å². The highest BCUT2D eigenvalue weighted by Crippen LogP contribution is 2.32. The van der Waals surface area contributed by atoms with Gasteiger partial charge in [-0.3, -0.25) is 9.69 Å². The highest BCUT2D eigenvalue weighted by atomic mass is 16.5. The van der Waals surface area contributed by atoms with Crippen LogP contribution in [0, 0.1) is 5.41 Å². The van der Waals surface area contributed by atoms with Crippen LogP contribution in [0.4, 0.5) is 0 Å². The molecule has 2 rings (SSSR count). The molecule has 128 valence electrons. The largest absolute Gasteiger partial charge is 0.381 e. The molecule has 0 spiro atoms. The summed E-state index contributed by atoms with van der Waals surface area (Å²) >= 11 is 0. The molecule has 0 aromatic rings. The average Bonchev–Trinajstić information content (AvgIpc) is 2.55. The third-order valence-corrected chi connectivity index (χ3v) is 4.81. The van der Waals surface area contributed by atoms with Crippen molar-refractivity contribution >= 4 is 5.91 Å². The van der Waals surface area contributed by atoms with Gasteiger partial charge in [-0.15, -0.1) is 0 Å². The molecule has 2 aliphatic heterocycles. The molecule has 0 aromatic carbocycles. The van der Waals surface area contributed by atoms with Gasteiger partial charge in [0.1, 0.15) is 0 Å². The Labute approximate surface area is 133 Å². The zero-order valence-corrected chi connectivity index (χ0v) is 14.1. The van der Waals surface area contributed by atoms with E-state index in [1.54, 1.807) is 0 Å². The number of carbonyl (C=O) groups excluding carboxylic acids is 1.